The van der Waals surface area contributed by atoms with Gasteiger partial charge >= 0.3 is 0 Å². The van der Waals surface area contributed by atoms with E-state index >= 15 is 0 Å². The molecule has 0 aromatic rings. The number of ether oxygens (including phenoxy) is 2. The first kappa shape index (κ1) is 11.7. The topological polar surface area (TPSA) is 60.1 Å². The van der Waals surface area contributed by atoms with Gasteiger partial charge in [0.2, 0.25) is 0 Å². The van der Waals surface area contributed by atoms with E-state index in [1.165, 1.54) is 12.8 Å². The van der Waals surface area contributed by atoms with Crippen molar-refractivity contribution in [3.8, 4) is 0 Å². The Bertz CT molecular complexity index is 248. The lowest BCUT2D eigenvalue weighted by atomic mass is 10.2. The summed E-state index contributed by atoms with van der Waals surface area (Å²) in [6.45, 7) is 3.86. The quantitative estimate of drug-likeness (QED) is 0.545. The van der Waals surface area contributed by atoms with Crippen LogP contribution in [-0.4, -0.2) is 56.9 Å². The van der Waals surface area contributed by atoms with Gasteiger partial charge in [0.25, 0.3) is 0 Å². The van der Waals surface area contributed by atoms with E-state index < -0.39 is 0 Å². The molecule has 2 fully saturated rings. The number of hydrogen-bond acceptors (Lipinski definition) is 3. The highest BCUT2D eigenvalue weighted by atomic mass is 16.5. The lowest BCUT2D eigenvalue weighted by Gasteiger charge is -2.27. The average molecular weight is 227 g/mol. The minimum Gasteiger partial charge on any atom is -0.379 e. The molecule has 1 unspecified atom stereocenters. The lowest BCUT2D eigenvalue weighted by molar-refractivity contribution is 0.0665. The summed E-state index contributed by atoms with van der Waals surface area (Å²) in [5.74, 6) is 1.33. The summed E-state index contributed by atoms with van der Waals surface area (Å²) in [6.07, 6.45) is 2.79. The molecule has 16 heavy (non-hydrogen) atoms. The maximum absolute atomic E-state index is 5.94. The number of nitrogens with two attached hydrogens (primary N) is 1. The third-order valence-electron chi connectivity index (χ3n) is 3.22. The van der Waals surface area contributed by atoms with Crippen LogP contribution in [0.4, 0.5) is 0 Å². The number of morpholine rings is 1. The van der Waals surface area contributed by atoms with Gasteiger partial charge in [0.1, 0.15) is 0 Å². The minimum absolute atomic E-state index is 0.250. The molecule has 1 saturated carbocycles. The number of methoxy groups -OCH3 is 1. The van der Waals surface area contributed by atoms with Gasteiger partial charge in [-0.2, -0.15) is 0 Å². The van der Waals surface area contributed by atoms with Crippen molar-refractivity contribution >= 4 is 5.96 Å². The Kier molecular flexibility index (Phi) is 4.01. The summed E-state index contributed by atoms with van der Waals surface area (Å²) in [7, 11) is 1.75. The first-order chi connectivity index (χ1) is 7.81. The number of nitrogens with zero attached hydrogens (tertiary/aromatic N) is 2. The zero-order valence-corrected chi connectivity index (χ0v) is 9.89. The van der Waals surface area contributed by atoms with E-state index in [2.05, 4.69) is 9.89 Å². The summed E-state index contributed by atoms with van der Waals surface area (Å²) in [5, 5.41) is 0. The molecule has 0 amide bonds. The Morgan fingerprint density at radius 2 is 2.19 bits per heavy atom. The highest BCUT2D eigenvalue weighted by Crippen LogP contribution is 2.34. The molecule has 0 radical (unpaired) electrons. The number of hydrogen-bond donors (Lipinski definition) is 1. The molecule has 1 aliphatic heterocycles. The first-order valence-electron chi connectivity index (χ1n) is 5.96. The molecule has 0 spiro atoms. The van der Waals surface area contributed by atoms with Crippen molar-refractivity contribution in [1.82, 2.24) is 4.90 Å². The number of aliphatic imine (C=N–C) groups is 1. The molecular weight excluding hydrogens is 206 g/mol. The van der Waals surface area contributed by atoms with E-state index in [4.69, 9.17) is 15.2 Å². The van der Waals surface area contributed by atoms with E-state index in [-0.39, 0.29) is 6.10 Å². The van der Waals surface area contributed by atoms with Gasteiger partial charge < -0.3 is 20.1 Å². The zero-order chi connectivity index (χ0) is 11.4. The number of guanidine groups is 1. The standard InChI is InChI=1S/C11H21N3O2/c1-15-10(9-2-3-9)8-13-11(12)14-4-6-16-7-5-14/h9-10H,2-8H2,1H3,(H2,12,13). The average Bonchev–Trinajstić information content (AvgIpc) is 3.15. The molecule has 2 aliphatic rings. The van der Waals surface area contributed by atoms with Gasteiger partial charge in [-0.25, -0.2) is 0 Å². The predicted octanol–water partition coefficient (Wildman–Crippen LogP) is 0.0583. The Morgan fingerprint density at radius 1 is 1.50 bits per heavy atom. The SMILES string of the molecule is COC(CN=C(N)N1CCOCC1)C1CC1. The van der Waals surface area contributed by atoms with Crippen LogP contribution in [0, 0.1) is 5.92 Å². The normalized spacial score (nSPS) is 24.6. The molecule has 1 atom stereocenters. The molecule has 1 saturated heterocycles. The van der Waals surface area contributed by atoms with Gasteiger partial charge in [-0.15, -0.1) is 0 Å². The Labute approximate surface area is 96.6 Å². The molecule has 5 heteroatoms. The molecule has 2 N–H and O–H groups in total. The van der Waals surface area contributed by atoms with Gasteiger partial charge in [-0.3, -0.25) is 4.99 Å². The molecule has 5 nitrogen and oxygen atoms in total. The maximum Gasteiger partial charge on any atom is 0.191 e. The molecule has 92 valence electrons. The van der Waals surface area contributed by atoms with Crippen molar-refractivity contribution in [3.05, 3.63) is 0 Å². The lowest BCUT2D eigenvalue weighted by Crippen LogP contribution is -2.45. The summed E-state index contributed by atoms with van der Waals surface area (Å²) < 4.78 is 10.7. The Morgan fingerprint density at radius 3 is 2.75 bits per heavy atom. The molecule has 0 aromatic heterocycles. The largest absolute Gasteiger partial charge is 0.379 e. The van der Waals surface area contributed by atoms with Gasteiger partial charge in [-0.1, -0.05) is 0 Å². The molecular formula is C11H21N3O2. The van der Waals surface area contributed by atoms with Gasteiger partial charge in [0, 0.05) is 20.2 Å². The summed E-state index contributed by atoms with van der Waals surface area (Å²) in [4.78, 5) is 6.49. The summed E-state index contributed by atoms with van der Waals surface area (Å²) in [6, 6.07) is 0. The van der Waals surface area contributed by atoms with Crippen LogP contribution in [0.3, 0.4) is 0 Å². The van der Waals surface area contributed by atoms with Crippen LogP contribution in [0.25, 0.3) is 0 Å². The molecule has 0 aromatic carbocycles. The fourth-order valence-electron chi connectivity index (χ4n) is 1.96. The minimum atomic E-state index is 0.250. The van der Waals surface area contributed by atoms with E-state index in [1.54, 1.807) is 7.11 Å². The van der Waals surface area contributed by atoms with E-state index in [9.17, 15) is 0 Å². The van der Waals surface area contributed by atoms with Gasteiger partial charge in [-0.05, 0) is 18.8 Å². The Balaban J connectivity index is 1.79. The van der Waals surface area contributed by atoms with Crippen LogP contribution >= 0.6 is 0 Å². The van der Waals surface area contributed by atoms with Gasteiger partial charge in [0.15, 0.2) is 5.96 Å². The number of rotatable bonds is 4. The first-order valence-corrected chi connectivity index (χ1v) is 5.96. The van der Waals surface area contributed by atoms with Crippen LogP contribution in [0.1, 0.15) is 12.8 Å². The molecule has 0 bridgehead atoms. The zero-order valence-electron chi connectivity index (χ0n) is 9.89. The second kappa shape index (κ2) is 5.50. The highest BCUT2D eigenvalue weighted by molar-refractivity contribution is 5.78. The smallest absolute Gasteiger partial charge is 0.191 e. The third-order valence-corrected chi connectivity index (χ3v) is 3.22. The third kappa shape index (κ3) is 3.09. The highest BCUT2D eigenvalue weighted by Gasteiger charge is 2.31. The van der Waals surface area contributed by atoms with Crippen LogP contribution in [0.15, 0.2) is 4.99 Å². The summed E-state index contributed by atoms with van der Waals surface area (Å²) >= 11 is 0. The molecule has 1 aliphatic carbocycles. The van der Waals surface area contributed by atoms with Crippen LogP contribution < -0.4 is 5.73 Å². The van der Waals surface area contributed by atoms with Gasteiger partial charge in [0.05, 0.1) is 25.9 Å². The maximum atomic E-state index is 5.94. The fraction of sp³-hybridized carbons (Fsp3) is 0.909. The second-order valence-corrected chi connectivity index (χ2v) is 4.41. The van der Waals surface area contributed by atoms with Crippen molar-refractivity contribution < 1.29 is 9.47 Å². The van der Waals surface area contributed by atoms with Crippen molar-refractivity contribution in [1.29, 1.82) is 0 Å². The van der Waals surface area contributed by atoms with E-state index in [0.29, 0.717) is 18.4 Å². The molecule has 1 heterocycles. The van der Waals surface area contributed by atoms with Crippen LogP contribution in [-0.2, 0) is 9.47 Å². The fourth-order valence-corrected chi connectivity index (χ4v) is 1.96. The van der Waals surface area contributed by atoms with Crippen molar-refractivity contribution in [2.45, 2.75) is 18.9 Å². The van der Waals surface area contributed by atoms with Crippen LogP contribution in [0.5, 0.6) is 0 Å². The van der Waals surface area contributed by atoms with E-state index in [1.807, 2.05) is 0 Å². The summed E-state index contributed by atoms with van der Waals surface area (Å²) in [5.41, 5.74) is 5.94. The predicted molar refractivity (Wildman–Crippen MR) is 62.4 cm³/mol. The second-order valence-electron chi connectivity index (χ2n) is 4.41. The Hall–Kier alpha value is -0.810. The van der Waals surface area contributed by atoms with E-state index in [0.717, 1.165) is 26.3 Å². The monoisotopic (exact) mass is 227 g/mol. The van der Waals surface area contributed by atoms with Crippen molar-refractivity contribution in [2.24, 2.45) is 16.6 Å². The van der Waals surface area contributed by atoms with Crippen LogP contribution in [0.2, 0.25) is 0 Å². The van der Waals surface area contributed by atoms with Crippen molar-refractivity contribution in [3.63, 3.8) is 0 Å². The van der Waals surface area contributed by atoms with Crippen molar-refractivity contribution in [2.75, 3.05) is 40.0 Å². The molecule has 2 rings (SSSR count).